The molecular weight excluding hydrogens is 360 g/mol. The van der Waals surface area contributed by atoms with Crippen molar-refractivity contribution in [1.29, 1.82) is 0 Å². The van der Waals surface area contributed by atoms with Crippen LogP contribution in [-0.4, -0.2) is 31.0 Å². The molecule has 4 aromatic rings. The Kier molecular flexibility index (Phi) is 4.29. The number of nitrogens with zero attached hydrogens (tertiary/aromatic N) is 5. The summed E-state index contributed by atoms with van der Waals surface area (Å²) in [5.41, 5.74) is 4.26. The fourth-order valence-corrected chi connectivity index (χ4v) is 2.94. The minimum atomic E-state index is 0.181. The van der Waals surface area contributed by atoms with Gasteiger partial charge in [-0.05, 0) is 30.3 Å². The van der Waals surface area contributed by atoms with Crippen LogP contribution in [0, 0.1) is 0 Å². The second kappa shape index (κ2) is 6.73. The summed E-state index contributed by atoms with van der Waals surface area (Å²) in [6.45, 7) is 0. The smallest absolute Gasteiger partial charge is 0.241 e. The van der Waals surface area contributed by atoms with Gasteiger partial charge in [0.05, 0.1) is 11.9 Å². The Labute approximate surface area is 152 Å². The maximum Gasteiger partial charge on any atom is 0.241 e. The molecule has 0 radical (unpaired) electrons. The first-order valence-electron chi connectivity index (χ1n) is 7.40. The van der Waals surface area contributed by atoms with E-state index >= 15 is 0 Å². The summed E-state index contributed by atoms with van der Waals surface area (Å²) in [6, 6.07) is 9.71. The van der Waals surface area contributed by atoms with Gasteiger partial charge in [0.2, 0.25) is 11.7 Å². The van der Waals surface area contributed by atoms with Crippen LogP contribution in [0.3, 0.4) is 0 Å². The molecule has 0 fully saturated rings. The molecule has 0 saturated heterocycles. The van der Waals surface area contributed by atoms with Crippen molar-refractivity contribution in [2.45, 2.75) is 5.88 Å². The summed E-state index contributed by atoms with van der Waals surface area (Å²) in [4.78, 5) is 8.92. The lowest BCUT2D eigenvalue weighted by Gasteiger charge is -2.07. The molecule has 3 heterocycles. The van der Waals surface area contributed by atoms with Gasteiger partial charge in [-0.25, -0.2) is 9.50 Å². The highest BCUT2D eigenvalue weighted by molar-refractivity contribution is 7.99. The number of anilines is 1. The molecule has 0 amide bonds. The zero-order valence-electron chi connectivity index (χ0n) is 13.2. The van der Waals surface area contributed by atoms with Gasteiger partial charge in [-0.1, -0.05) is 17.1 Å². The molecule has 7 nitrogen and oxygen atoms in total. The van der Waals surface area contributed by atoms with Gasteiger partial charge in [-0.2, -0.15) is 10.1 Å². The number of fused-ring (bicyclic) bond motifs is 1. The van der Waals surface area contributed by atoms with Gasteiger partial charge in [0.15, 0.2) is 5.65 Å². The fraction of sp³-hybridized carbons (Fsp3) is 0.125. The topological polar surface area (TPSA) is 81.1 Å². The number of benzene rings is 1. The van der Waals surface area contributed by atoms with E-state index in [0.717, 1.165) is 28.2 Å². The van der Waals surface area contributed by atoms with Crippen molar-refractivity contribution in [3.05, 3.63) is 48.6 Å². The van der Waals surface area contributed by atoms with Gasteiger partial charge in [0.25, 0.3) is 0 Å². The zero-order valence-corrected chi connectivity index (χ0v) is 14.8. The van der Waals surface area contributed by atoms with Gasteiger partial charge in [-0.15, -0.1) is 11.6 Å². The van der Waals surface area contributed by atoms with Crippen molar-refractivity contribution >= 4 is 34.9 Å². The number of halogens is 1. The Balaban J connectivity index is 1.83. The fourth-order valence-electron chi connectivity index (χ4n) is 2.48. The molecule has 0 aliphatic carbocycles. The number of alkyl halides is 1. The van der Waals surface area contributed by atoms with E-state index < -0.39 is 0 Å². The first-order valence-corrected chi connectivity index (χ1v) is 9.16. The maximum absolute atomic E-state index is 5.75. The summed E-state index contributed by atoms with van der Waals surface area (Å²) in [7, 11) is 0. The Hall–Kier alpha value is -2.58. The summed E-state index contributed by atoms with van der Waals surface area (Å²) in [6.07, 6.45) is 5.57. The third-order valence-corrected chi connectivity index (χ3v) is 4.19. The van der Waals surface area contributed by atoms with Crippen molar-refractivity contribution in [2.24, 2.45) is 0 Å². The highest BCUT2D eigenvalue weighted by Gasteiger charge is 2.13. The van der Waals surface area contributed by atoms with E-state index in [4.69, 9.17) is 16.1 Å². The van der Waals surface area contributed by atoms with E-state index in [1.54, 1.807) is 10.7 Å². The molecule has 0 bridgehead atoms. The molecule has 0 saturated carbocycles. The van der Waals surface area contributed by atoms with Crippen LogP contribution in [0.4, 0.5) is 5.69 Å². The molecule has 4 rings (SSSR count). The van der Waals surface area contributed by atoms with Gasteiger partial charge < -0.3 is 9.25 Å². The van der Waals surface area contributed by atoms with Crippen LogP contribution in [-0.2, 0) is 5.88 Å². The van der Waals surface area contributed by atoms with Crippen molar-refractivity contribution in [3.63, 3.8) is 0 Å². The summed E-state index contributed by atoms with van der Waals surface area (Å²) < 4.78 is 10.1. The molecule has 126 valence electrons. The third kappa shape index (κ3) is 3.18. The standard InChI is InChI=1S/C16H13ClN6OS/c1-25-22-12-6-10(13-9-23-14(19-13)3-2-4-18-23)5-11(7-12)16-20-15(8-17)24-21-16/h2-7,9,22H,8H2,1H3. The third-order valence-electron chi connectivity index (χ3n) is 3.53. The van der Waals surface area contributed by atoms with Crippen molar-refractivity contribution < 1.29 is 4.52 Å². The van der Waals surface area contributed by atoms with Crippen LogP contribution >= 0.6 is 23.5 Å². The average molecular weight is 373 g/mol. The van der Waals surface area contributed by atoms with E-state index in [2.05, 4.69) is 24.9 Å². The Bertz CT molecular complexity index is 997. The van der Waals surface area contributed by atoms with Crippen molar-refractivity contribution in [2.75, 3.05) is 11.0 Å². The number of nitrogens with one attached hydrogen (secondary N) is 1. The molecule has 0 spiro atoms. The largest absolute Gasteiger partial charge is 0.338 e. The minimum Gasteiger partial charge on any atom is -0.338 e. The molecule has 0 aliphatic heterocycles. The Morgan fingerprint density at radius 1 is 1.24 bits per heavy atom. The van der Waals surface area contributed by atoms with Crippen LogP contribution < -0.4 is 4.72 Å². The lowest BCUT2D eigenvalue weighted by molar-refractivity contribution is 0.391. The molecule has 1 N–H and O–H groups in total. The number of aromatic nitrogens is 5. The molecule has 1 aromatic carbocycles. The number of imidazole rings is 1. The molecule has 0 atom stereocenters. The van der Waals surface area contributed by atoms with E-state index in [9.17, 15) is 0 Å². The summed E-state index contributed by atoms with van der Waals surface area (Å²) in [5, 5.41) is 8.25. The molecule has 9 heteroatoms. The monoisotopic (exact) mass is 372 g/mol. The van der Waals surface area contributed by atoms with Gasteiger partial charge >= 0.3 is 0 Å². The average Bonchev–Trinajstić information content (AvgIpc) is 3.28. The lowest BCUT2D eigenvalue weighted by Crippen LogP contribution is -1.90. The quantitative estimate of drug-likeness (QED) is 0.420. The lowest BCUT2D eigenvalue weighted by atomic mass is 10.1. The van der Waals surface area contributed by atoms with Gasteiger partial charge in [0.1, 0.15) is 5.88 Å². The first-order chi connectivity index (χ1) is 12.3. The SMILES string of the molecule is CSNc1cc(-c2cn3ncccc3n2)cc(-c2noc(CCl)n2)c1. The number of hydrogen-bond acceptors (Lipinski definition) is 7. The summed E-state index contributed by atoms with van der Waals surface area (Å²) >= 11 is 7.25. The highest BCUT2D eigenvalue weighted by atomic mass is 35.5. The van der Waals surface area contributed by atoms with E-state index in [-0.39, 0.29) is 5.88 Å². The molecule has 0 aliphatic rings. The molecule has 0 unspecified atom stereocenters. The van der Waals surface area contributed by atoms with E-state index in [1.807, 2.05) is 42.8 Å². The zero-order chi connectivity index (χ0) is 17.2. The van der Waals surface area contributed by atoms with Crippen molar-refractivity contribution in [3.8, 4) is 22.6 Å². The Morgan fingerprint density at radius 3 is 2.88 bits per heavy atom. The van der Waals surface area contributed by atoms with Crippen molar-refractivity contribution in [1.82, 2.24) is 24.7 Å². The number of hydrogen-bond donors (Lipinski definition) is 1. The maximum atomic E-state index is 5.75. The first kappa shape index (κ1) is 15.9. The van der Waals surface area contributed by atoms with Gasteiger partial charge in [-0.3, -0.25) is 0 Å². The predicted octanol–water partition coefficient (Wildman–Crippen LogP) is 3.88. The normalized spacial score (nSPS) is 11.1. The van der Waals surface area contributed by atoms with Crippen LogP contribution in [0.2, 0.25) is 0 Å². The van der Waals surface area contributed by atoms with Crippen LogP contribution in [0.5, 0.6) is 0 Å². The summed E-state index contributed by atoms with van der Waals surface area (Å²) in [5.74, 6) is 1.06. The van der Waals surface area contributed by atoms with Crippen LogP contribution in [0.1, 0.15) is 5.89 Å². The molecular formula is C16H13ClN6OS. The van der Waals surface area contributed by atoms with Crippen LogP contribution in [0.15, 0.2) is 47.2 Å². The molecule has 3 aromatic heterocycles. The Morgan fingerprint density at radius 2 is 2.12 bits per heavy atom. The van der Waals surface area contributed by atoms with Crippen LogP contribution in [0.25, 0.3) is 28.3 Å². The second-order valence-corrected chi connectivity index (χ2v) is 6.08. The second-order valence-electron chi connectivity index (χ2n) is 5.20. The predicted molar refractivity (Wildman–Crippen MR) is 98.4 cm³/mol. The van der Waals surface area contributed by atoms with Gasteiger partial charge in [0, 0.05) is 29.3 Å². The van der Waals surface area contributed by atoms with E-state index in [1.165, 1.54) is 11.9 Å². The minimum absolute atomic E-state index is 0.181. The molecule has 25 heavy (non-hydrogen) atoms. The number of rotatable bonds is 5. The highest BCUT2D eigenvalue weighted by Crippen LogP contribution is 2.30. The van der Waals surface area contributed by atoms with E-state index in [0.29, 0.717) is 11.7 Å².